The lowest BCUT2D eigenvalue weighted by molar-refractivity contribution is 0.586. The van der Waals surface area contributed by atoms with Crippen LogP contribution >= 0.6 is 0 Å². The molecule has 1 aliphatic heterocycles. The minimum atomic E-state index is 0.537. The normalized spacial score (nSPS) is 29.8. The van der Waals surface area contributed by atoms with Crippen molar-refractivity contribution in [2.75, 3.05) is 0 Å². The molecule has 0 amide bonds. The summed E-state index contributed by atoms with van der Waals surface area (Å²) in [5.74, 6) is 0. The number of nitrogens with one attached hydrogen (secondary N) is 1. The highest BCUT2D eigenvalue weighted by Gasteiger charge is 2.16. The van der Waals surface area contributed by atoms with E-state index in [1.165, 1.54) is 25.7 Å². The number of allylic oxidation sites excluding steroid dienone is 1. The Morgan fingerprint density at radius 2 is 2.45 bits per heavy atom. The van der Waals surface area contributed by atoms with Gasteiger partial charge in [-0.2, -0.15) is 5.10 Å². The van der Waals surface area contributed by atoms with Gasteiger partial charge in [0.2, 0.25) is 0 Å². The summed E-state index contributed by atoms with van der Waals surface area (Å²) < 4.78 is 0. The van der Waals surface area contributed by atoms with E-state index in [0.717, 1.165) is 6.42 Å². The molecule has 0 aromatic heterocycles. The van der Waals surface area contributed by atoms with Crippen LogP contribution < -0.4 is 5.43 Å². The molecule has 1 aliphatic carbocycles. The molecule has 0 fully saturated rings. The van der Waals surface area contributed by atoms with Crippen LogP contribution in [0.25, 0.3) is 0 Å². The zero-order valence-corrected chi connectivity index (χ0v) is 6.71. The molecule has 0 aromatic rings. The summed E-state index contributed by atoms with van der Waals surface area (Å²) in [6, 6.07) is 0.537. The van der Waals surface area contributed by atoms with E-state index in [0.29, 0.717) is 6.04 Å². The molecule has 2 aliphatic rings. The van der Waals surface area contributed by atoms with Crippen LogP contribution in [0.2, 0.25) is 0 Å². The van der Waals surface area contributed by atoms with Crippen LogP contribution in [0.4, 0.5) is 0 Å². The summed E-state index contributed by atoms with van der Waals surface area (Å²) in [6.07, 6.45) is 10.7. The fraction of sp³-hybridized carbons (Fsp3) is 0.667. The number of hydrazone groups is 1. The summed E-state index contributed by atoms with van der Waals surface area (Å²) >= 11 is 0. The molecule has 2 rings (SSSR count). The highest BCUT2D eigenvalue weighted by Crippen LogP contribution is 2.22. The summed E-state index contributed by atoms with van der Waals surface area (Å²) in [4.78, 5) is 0. The molecule has 2 nitrogen and oxygen atoms in total. The van der Waals surface area contributed by atoms with Crippen LogP contribution in [-0.2, 0) is 0 Å². The topological polar surface area (TPSA) is 24.4 Å². The Bertz CT molecular complexity index is 186. The van der Waals surface area contributed by atoms with Gasteiger partial charge in [-0.05, 0) is 25.7 Å². The Balaban J connectivity index is 1.97. The maximum Gasteiger partial charge on any atom is 0.0699 e. The fourth-order valence-electron chi connectivity index (χ4n) is 1.77. The maximum absolute atomic E-state index is 4.02. The Morgan fingerprint density at radius 3 is 3.09 bits per heavy atom. The first-order valence-corrected chi connectivity index (χ1v) is 4.43. The van der Waals surface area contributed by atoms with Crippen molar-refractivity contribution in [1.29, 1.82) is 0 Å². The van der Waals surface area contributed by atoms with Gasteiger partial charge in [0.15, 0.2) is 0 Å². The average molecular weight is 150 g/mol. The van der Waals surface area contributed by atoms with Crippen molar-refractivity contribution < 1.29 is 0 Å². The second-order valence-corrected chi connectivity index (χ2v) is 3.25. The first-order chi connectivity index (χ1) is 5.47. The van der Waals surface area contributed by atoms with Crippen LogP contribution in [-0.4, -0.2) is 12.3 Å². The molecular formula is C9H14N2. The standard InChI is InChI=1S/C9H14N2/c1-2-4-8(5-3-1)9-6-7-10-11-9/h4,7,9,11H,1-3,5-6H2. The van der Waals surface area contributed by atoms with Gasteiger partial charge in [-0.25, -0.2) is 0 Å². The van der Waals surface area contributed by atoms with Crippen LogP contribution in [0.3, 0.4) is 0 Å². The molecule has 0 bridgehead atoms. The molecule has 0 aromatic carbocycles. The zero-order valence-electron chi connectivity index (χ0n) is 6.71. The van der Waals surface area contributed by atoms with Crippen molar-refractivity contribution in [3.05, 3.63) is 11.6 Å². The zero-order chi connectivity index (χ0) is 7.52. The Kier molecular flexibility index (Phi) is 1.93. The Morgan fingerprint density at radius 1 is 1.45 bits per heavy atom. The monoisotopic (exact) mass is 150 g/mol. The first kappa shape index (κ1) is 6.89. The van der Waals surface area contributed by atoms with E-state index in [2.05, 4.69) is 16.6 Å². The summed E-state index contributed by atoms with van der Waals surface area (Å²) in [5.41, 5.74) is 4.70. The second kappa shape index (κ2) is 3.07. The number of nitrogens with zero attached hydrogens (tertiary/aromatic N) is 1. The van der Waals surface area contributed by atoms with Crippen LogP contribution in [0.15, 0.2) is 16.8 Å². The van der Waals surface area contributed by atoms with Crippen molar-refractivity contribution in [3.63, 3.8) is 0 Å². The molecule has 1 heterocycles. The van der Waals surface area contributed by atoms with Gasteiger partial charge >= 0.3 is 0 Å². The van der Waals surface area contributed by atoms with Crippen molar-refractivity contribution in [3.8, 4) is 0 Å². The third kappa shape index (κ3) is 1.44. The molecule has 1 N–H and O–H groups in total. The first-order valence-electron chi connectivity index (χ1n) is 4.43. The highest BCUT2D eigenvalue weighted by atomic mass is 15.3. The van der Waals surface area contributed by atoms with Crippen LogP contribution in [0, 0.1) is 0 Å². The minimum absolute atomic E-state index is 0.537. The van der Waals surface area contributed by atoms with E-state index in [-0.39, 0.29) is 0 Å². The SMILES string of the molecule is C1=NNC(C2=CCCCC2)C1. The lowest BCUT2D eigenvalue weighted by Crippen LogP contribution is -2.22. The van der Waals surface area contributed by atoms with E-state index in [4.69, 9.17) is 0 Å². The number of hydrogen-bond donors (Lipinski definition) is 1. The smallest absolute Gasteiger partial charge is 0.0699 e. The van der Waals surface area contributed by atoms with E-state index < -0.39 is 0 Å². The van der Waals surface area contributed by atoms with E-state index in [9.17, 15) is 0 Å². The molecule has 0 saturated heterocycles. The molecule has 1 unspecified atom stereocenters. The molecular weight excluding hydrogens is 136 g/mol. The predicted molar refractivity (Wildman–Crippen MR) is 46.6 cm³/mol. The Labute approximate surface area is 67.4 Å². The minimum Gasteiger partial charge on any atom is -0.303 e. The number of rotatable bonds is 1. The average Bonchev–Trinajstić information content (AvgIpc) is 2.58. The molecule has 0 spiro atoms. The number of hydrogen-bond acceptors (Lipinski definition) is 2. The van der Waals surface area contributed by atoms with Crippen molar-refractivity contribution >= 4 is 6.21 Å². The van der Waals surface area contributed by atoms with Crippen LogP contribution in [0.5, 0.6) is 0 Å². The third-order valence-electron chi connectivity index (χ3n) is 2.44. The van der Waals surface area contributed by atoms with E-state index >= 15 is 0 Å². The largest absolute Gasteiger partial charge is 0.303 e. The lowest BCUT2D eigenvalue weighted by Gasteiger charge is -2.18. The molecule has 0 saturated carbocycles. The quantitative estimate of drug-likeness (QED) is 0.567. The van der Waals surface area contributed by atoms with Crippen molar-refractivity contribution in [2.45, 2.75) is 38.1 Å². The molecule has 0 radical (unpaired) electrons. The summed E-state index contributed by atoms with van der Waals surface area (Å²) in [7, 11) is 0. The van der Waals surface area contributed by atoms with Gasteiger partial charge in [-0.3, -0.25) is 0 Å². The summed E-state index contributed by atoms with van der Waals surface area (Å²) in [5, 5.41) is 4.02. The highest BCUT2D eigenvalue weighted by molar-refractivity contribution is 5.61. The van der Waals surface area contributed by atoms with Crippen molar-refractivity contribution in [1.82, 2.24) is 5.43 Å². The third-order valence-corrected chi connectivity index (χ3v) is 2.44. The Hall–Kier alpha value is -0.790. The molecule has 2 heteroatoms. The van der Waals surface area contributed by atoms with Gasteiger partial charge in [0.1, 0.15) is 0 Å². The fourth-order valence-corrected chi connectivity index (χ4v) is 1.77. The maximum atomic E-state index is 4.02. The van der Waals surface area contributed by atoms with Gasteiger partial charge in [-0.15, -0.1) is 0 Å². The van der Waals surface area contributed by atoms with Gasteiger partial charge in [0.25, 0.3) is 0 Å². The molecule has 11 heavy (non-hydrogen) atoms. The molecule has 60 valence electrons. The van der Waals surface area contributed by atoms with E-state index in [1.54, 1.807) is 5.57 Å². The summed E-state index contributed by atoms with van der Waals surface area (Å²) in [6.45, 7) is 0. The van der Waals surface area contributed by atoms with E-state index in [1.807, 2.05) is 6.21 Å². The van der Waals surface area contributed by atoms with Gasteiger partial charge in [-0.1, -0.05) is 11.6 Å². The van der Waals surface area contributed by atoms with Gasteiger partial charge in [0.05, 0.1) is 6.04 Å². The van der Waals surface area contributed by atoms with Gasteiger partial charge < -0.3 is 5.43 Å². The van der Waals surface area contributed by atoms with Crippen molar-refractivity contribution in [2.24, 2.45) is 5.10 Å². The molecule has 1 atom stereocenters. The second-order valence-electron chi connectivity index (χ2n) is 3.25. The van der Waals surface area contributed by atoms with Crippen LogP contribution in [0.1, 0.15) is 32.1 Å². The van der Waals surface area contributed by atoms with Gasteiger partial charge in [0, 0.05) is 12.6 Å². The lowest BCUT2D eigenvalue weighted by atomic mass is 9.93. The predicted octanol–water partition coefficient (Wildman–Crippen LogP) is 1.83.